The summed E-state index contributed by atoms with van der Waals surface area (Å²) in [6.07, 6.45) is 7.86. The molecule has 3 heteroatoms. The van der Waals surface area contributed by atoms with Gasteiger partial charge in [0.2, 0.25) is 0 Å². The summed E-state index contributed by atoms with van der Waals surface area (Å²) >= 11 is 0. The van der Waals surface area contributed by atoms with Gasteiger partial charge in [0.25, 0.3) is 0 Å². The van der Waals surface area contributed by atoms with Crippen molar-refractivity contribution < 1.29 is 10.2 Å². The summed E-state index contributed by atoms with van der Waals surface area (Å²) in [7, 11) is 0. The maximum Gasteiger partial charge on any atom is 0.0609 e. The van der Waals surface area contributed by atoms with Crippen LogP contribution in [0.2, 0.25) is 0 Å². The number of unbranched alkanes of at least 4 members (excludes halogenated alkanes) is 2. The molecule has 0 unspecified atom stereocenters. The van der Waals surface area contributed by atoms with Crippen LogP contribution in [-0.4, -0.2) is 47.5 Å². The average molecular weight is 229 g/mol. The SMILES string of the molecule is CCCCCC1CCN(C(CO)CO)CC1. The Morgan fingerprint density at radius 2 is 1.75 bits per heavy atom. The van der Waals surface area contributed by atoms with E-state index in [2.05, 4.69) is 11.8 Å². The summed E-state index contributed by atoms with van der Waals surface area (Å²) in [5.74, 6) is 0.876. The van der Waals surface area contributed by atoms with Crippen LogP contribution in [0, 0.1) is 5.92 Å². The maximum absolute atomic E-state index is 9.12. The molecule has 1 saturated heterocycles. The highest BCUT2D eigenvalue weighted by molar-refractivity contribution is 4.77. The lowest BCUT2D eigenvalue weighted by molar-refractivity contribution is 0.0480. The third-order valence-corrected chi connectivity index (χ3v) is 3.80. The monoisotopic (exact) mass is 229 g/mol. The van der Waals surface area contributed by atoms with E-state index in [9.17, 15) is 0 Å². The number of aliphatic hydroxyl groups is 2. The normalized spacial score (nSPS) is 19.5. The largest absolute Gasteiger partial charge is 0.395 e. The van der Waals surface area contributed by atoms with Crippen LogP contribution in [-0.2, 0) is 0 Å². The molecule has 0 aromatic rings. The van der Waals surface area contributed by atoms with Crippen molar-refractivity contribution in [1.29, 1.82) is 0 Å². The molecule has 2 N–H and O–H groups in total. The Morgan fingerprint density at radius 3 is 2.25 bits per heavy atom. The number of hydrogen-bond donors (Lipinski definition) is 2. The number of rotatable bonds is 7. The average Bonchev–Trinajstić information content (AvgIpc) is 2.33. The summed E-state index contributed by atoms with van der Waals surface area (Å²) in [6.45, 7) is 4.49. The molecule has 1 fully saturated rings. The molecule has 1 aliphatic rings. The van der Waals surface area contributed by atoms with Crippen molar-refractivity contribution in [3.05, 3.63) is 0 Å². The molecule has 0 aromatic heterocycles. The van der Waals surface area contributed by atoms with Gasteiger partial charge in [-0.15, -0.1) is 0 Å². The van der Waals surface area contributed by atoms with Crippen molar-refractivity contribution >= 4 is 0 Å². The minimum atomic E-state index is -0.0309. The van der Waals surface area contributed by atoms with Crippen LogP contribution in [0.1, 0.15) is 45.4 Å². The van der Waals surface area contributed by atoms with Gasteiger partial charge in [-0.1, -0.05) is 32.6 Å². The van der Waals surface area contributed by atoms with Crippen LogP contribution in [0.4, 0.5) is 0 Å². The smallest absolute Gasteiger partial charge is 0.0609 e. The Balaban J connectivity index is 2.17. The number of nitrogens with zero attached hydrogens (tertiary/aromatic N) is 1. The van der Waals surface area contributed by atoms with Gasteiger partial charge in [-0.25, -0.2) is 0 Å². The maximum atomic E-state index is 9.12. The molecular formula is C13H27NO2. The van der Waals surface area contributed by atoms with Gasteiger partial charge in [0, 0.05) is 0 Å². The van der Waals surface area contributed by atoms with Crippen molar-refractivity contribution in [3.63, 3.8) is 0 Å². The van der Waals surface area contributed by atoms with Gasteiger partial charge in [-0.05, 0) is 31.8 Å². The number of hydrogen-bond acceptors (Lipinski definition) is 3. The molecule has 0 radical (unpaired) electrons. The molecule has 0 aliphatic carbocycles. The molecule has 0 atom stereocenters. The van der Waals surface area contributed by atoms with Crippen LogP contribution in [0.25, 0.3) is 0 Å². The molecule has 3 nitrogen and oxygen atoms in total. The van der Waals surface area contributed by atoms with Crippen molar-refractivity contribution in [2.75, 3.05) is 26.3 Å². The zero-order valence-electron chi connectivity index (χ0n) is 10.6. The lowest BCUT2D eigenvalue weighted by Crippen LogP contribution is -2.45. The summed E-state index contributed by atoms with van der Waals surface area (Å²) in [6, 6.07) is -0.0309. The molecule has 16 heavy (non-hydrogen) atoms. The number of aliphatic hydroxyl groups excluding tert-OH is 2. The van der Waals surface area contributed by atoms with Crippen LogP contribution in [0.5, 0.6) is 0 Å². The standard InChI is InChI=1S/C13H27NO2/c1-2-3-4-5-12-6-8-14(9-7-12)13(10-15)11-16/h12-13,15-16H,2-11H2,1H3. The molecule has 1 aliphatic heterocycles. The molecule has 0 amide bonds. The highest BCUT2D eigenvalue weighted by atomic mass is 16.3. The Morgan fingerprint density at radius 1 is 1.12 bits per heavy atom. The van der Waals surface area contributed by atoms with Gasteiger partial charge in [0.1, 0.15) is 0 Å². The zero-order valence-corrected chi connectivity index (χ0v) is 10.6. The van der Waals surface area contributed by atoms with Gasteiger partial charge in [-0.2, -0.15) is 0 Å². The lowest BCUT2D eigenvalue weighted by atomic mass is 9.91. The number of likely N-dealkylation sites (tertiary alicyclic amines) is 1. The van der Waals surface area contributed by atoms with E-state index in [1.54, 1.807) is 0 Å². The topological polar surface area (TPSA) is 43.7 Å². The molecule has 0 spiro atoms. The molecule has 1 rings (SSSR count). The highest BCUT2D eigenvalue weighted by Crippen LogP contribution is 2.23. The van der Waals surface area contributed by atoms with Gasteiger partial charge < -0.3 is 10.2 Å². The first-order valence-electron chi connectivity index (χ1n) is 6.77. The molecule has 1 heterocycles. The predicted molar refractivity (Wildman–Crippen MR) is 66.4 cm³/mol. The predicted octanol–water partition coefficient (Wildman–Crippen LogP) is 1.63. The lowest BCUT2D eigenvalue weighted by Gasteiger charge is -2.36. The summed E-state index contributed by atoms with van der Waals surface area (Å²) < 4.78 is 0. The van der Waals surface area contributed by atoms with E-state index in [0.717, 1.165) is 19.0 Å². The van der Waals surface area contributed by atoms with Crippen LogP contribution in [0.3, 0.4) is 0 Å². The van der Waals surface area contributed by atoms with E-state index in [1.165, 1.54) is 38.5 Å². The van der Waals surface area contributed by atoms with Gasteiger partial charge in [0.15, 0.2) is 0 Å². The van der Waals surface area contributed by atoms with E-state index < -0.39 is 0 Å². The summed E-state index contributed by atoms with van der Waals surface area (Å²) in [5.41, 5.74) is 0. The van der Waals surface area contributed by atoms with Crippen molar-refractivity contribution in [2.45, 2.75) is 51.5 Å². The molecule has 0 aromatic carbocycles. The van der Waals surface area contributed by atoms with E-state index >= 15 is 0 Å². The highest BCUT2D eigenvalue weighted by Gasteiger charge is 2.23. The van der Waals surface area contributed by atoms with Crippen LogP contribution in [0.15, 0.2) is 0 Å². The third kappa shape index (κ3) is 4.40. The Kier molecular flexibility index (Phi) is 7.01. The van der Waals surface area contributed by atoms with Crippen molar-refractivity contribution in [3.8, 4) is 0 Å². The fourth-order valence-corrected chi connectivity index (χ4v) is 2.58. The second-order valence-electron chi connectivity index (χ2n) is 4.99. The molecule has 0 bridgehead atoms. The van der Waals surface area contributed by atoms with E-state index in [0.29, 0.717) is 0 Å². The molecular weight excluding hydrogens is 202 g/mol. The fourth-order valence-electron chi connectivity index (χ4n) is 2.58. The summed E-state index contributed by atoms with van der Waals surface area (Å²) in [5, 5.41) is 18.2. The Hall–Kier alpha value is -0.120. The van der Waals surface area contributed by atoms with E-state index in [4.69, 9.17) is 10.2 Å². The number of piperidine rings is 1. The summed E-state index contributed by atoms with van der Waals surface area (Å²) in [4.78, 5) is 2.23. The quantitative estimate of drug-likeness (QED) is 0.652. The van der Waals surface area contributed by atoms with Gasteiger partial charge in [0.05, 0.1) is 19.3 Å². The third-order valence-electron chi connectivity index (χ3n) is 3.80. The fraction of sp³-hybridized carbons (Fsp3) is 1.00. The van der Waals surface area contributed by atoms with Crippen LogP contribution < -0.4 is 0 Å². The minimum absolute atomic E-state index is 0.0309. The first-order valence-corrected chi connectivity index (χ1v) is 6.77. The van der Waals surface area contributed by atoms with E-state index in [-0.39, 0.29) is 19.3 Å². The van der Waals surface area contributed by atoms with Gasteiger partial charge >= 0.3 is 0 Å². The first kappa shape index (κ1) is 13.9. The molecule has 96 valence electrons. The Bertz CT molecular complexity index is 163. The van der Waals surface area contributed by atoms with E-state index in [1.807, 2.05) is 0 Å². The first-order chi connectivity index (χ1) is 7.81. The molecule has 0 saturated carbocycles. The minimum Gasteiger partial charge on any atom is -0.395 e. The second kappa shape index (κ2) is 8.04. The Labute approximate surface area is 99.5 Å². The van der Waals surface area contributed by atoms with Crippen molar-refractivity contribution in [1.82, 2.24) is 4.90 Å². The second-order valence-corrected chi connectivity index (χ2v) is 4.99. The van der Waals surface area contributed by atoms with Crippen LogP contribution >= 0.6 is 0 Å². The zero-order chi connectivity index (χ0) is 11.8. The van der Waals surface area contributed by atoms with Gasteiger partial charge in [-0.3, -0.25) is 4.90 Å². The van der Waals surface area contributed by atoms with Crippen molar-refractivity contribution in [2.24, 2.45) is 5.92 Å².